The van der Waals surface area contributed by atoms with Crippen molar-refractivity contribution in [2.75, 3.05) is 33.4 Å². The van der Waals surface area contributed by atoms with E-state index in [1.165, 1.54) is 30.5 Å². The number of rotatable bonds is 11. The fourth-order valence-electron chi connectivity index (χ4n) is 3.70. The van der Waals surface area contributed by atoms with Crippen LogP contribution in [0.4, 0.5) is 14.9 Å². The van der Waals surface area contributed by atoms with Gasteiger partial charge in [-0.05, 0) is 49.4 Å². The van der Waals surface area contributed by atoms with Gasteiger partial charge in [0.25, 0.3) is 5.91 Å². The second-order valence-corrected chi connectivity index (χ2v) is 7.86. The van der Waals surface area contributed by atoms with E-state index in [1.54, 1.807) is 12.0 Å². The summed E-state index contributed by atoms with van der Waals surface area (Å²) in [4.78, 5) is 30.0. The Balaban J connectivity index is 1.95. The number of benzene rings is 1. The zero-order chi connectivity index (χ0) is 24.2. The van der Waals surface area contributed by atoms with E-state index in [1.807, 2.05) is 6.92 Å². The summed E-state index contributed by atoms with van der Waals surface area (Å²) in [6, 6.07) is 5.50. The maximum Gasteiger partial charge on any atom is 0.409 e. The van der Waals surface area contributed by atoms with Gasteiger partial charge in [0.1, 0.15) is 11.7 Å². The maximum atomic E-state index is 13.1. The first-order valence-electron chi connectivity index (χ1n) is 11.1. The van der Waals surface area contributed by atoms with Crippen LogP contribution in [-0.4, -0.2) is 62.2 Å². The van der Waals surface area contributed by atoms with Crippen LogP contribution in [0, 0.1) is 11.7 Å². The summed E-state index contributed by atoms with van der Waals surface area (Å²) in [5.74, 6) is -0.863. The lowest BCUT2D eigenvalue weighted by Gasteiger charge is -2.35. The quantitative estimate of drug-likeness (QED) is 0.200. The number of likely N-dealkylation sites (tertiary alicyclic amines) is 1. The molecule has 9 nitrogen and oxygen atoms in total. The number of nitrogens with two attached hydrogens (primary N) is 2. The van der Waals surface area contributed by atoms with E-state index in [9.17, 15) is 14.0 Å². The third-order valence-electron chi connectivity index (χ3n) is 5.58. The van der Waals surface area contributed by atoms with Gasteiger partial charge >= 0.3 is 6.09 Å². The van der Waals surface area contributed by atoms with Crippen molar-refractivity contribution in [2.45, 2.75) is 38.6 Å². The van der Waals surface area contributed by atoms with Gasteiger partial charge in [0.2, 0.25) is 0 Å². The molecule has 182 valence electrons. The van der Waals surface area contributed by atoms with Crippen molar-refractivity contribution in [2.24, 2.45) is 22.4 Å². The topological polar surface area (TPSA) is 132 Å². The minimum atomic E-state index is -0.716. The van der Waals surface area contributed by atoms with Crippen LogP contribution in [0.5, 0.6) is 0 Å². The molecule has 2 rings (SSSR count). The Morgan fingerprint density at radius 1 is 1.24 bits per heavy atom. The standard InChI is InChI=1S/C23H34FN5O4/c1-3-20(16-9-11-29(12-10-16)23(31)33-14-4-13-32-2)27-15-19(22(26)30)21(25)28-18-7-5-17(24)6-8-18/h5-8,15-16,20,27H,3-4,9-14H2,1-2H3,(H2,25,28)(H2,26,30)/b19-15+/t20-/m0/s1. The zero-order valence-corrected chi connectivity index (χ0v) is 19.3. The molecule has 1 aliphatic heterocycles. The number of methoxy groups -OCH3 is 1. The number of ether oxygens (including phenoxy) is 2. The molecule has 0 saturated carbocycles. The fraction of sp³-hybridized carbons (Fsp3) is 0.522. The average molecular weight is 464 g/mol. The number of carbonyl (C=O) groups excluding carboxylic acids is 2. The van der Waals surface area contributed by atoms with Crippen LogP contribution in [0.15, 0.2) is 41.0 Å². The number of carbonyl (C=O) groups is 2. The van der Waals surface area contributed by atoms with Gasteiger partial charge in [0.05, 0.1) is 17.9 Å². The highest BCUT2D eigenvalue weighted by molar-refractivity contribution is 6.20. The predicted octanol–water partition coefficient (Wildman–Crippen LogP) is 2.44. The molecule has 1 fully saturated rings. The van der Waals surface area contributed by atoms with Gasteiger partial charge in [0, 0.05) is 45.5 Å². The van der Waals surface area contributed by atoms with E-state index in [0.717, 1.165) is 19.3 Å². The number of hydrogen-bond acceptors (Lipinski definition) is 6. The van der Waals surface area contributed by atoms with Crippen LogP contribution in [0.25, 0.3) is 0 Å². The van der Waals surface area contributed by atoms with Crippen LogP contribution in [0.2, 0.25) is 0 Å². The van der Waals surface area contributed by atoms with Crippen molar-refractivity contribution in [3.63, 3.8) is 0 Å². The van der Waals surface area contributed by atoms with Crippen LogP contribution in [0.1, 0.15) is 32.6 Å². The Labute approximate surface area is 194 Å². The molecule has 0 aliphatic carbocycles. The van der Waals surface area contributed by atoms with Crippen molar-refractivity contribution in [3.8, 4) is 0 Å². The smallest absolute Gasteiger partial charge is 0.409 e. The Bertz CT molecular complexity index is 836. The van der Waals surface area contributed by atoms with Crippen LogP contribution >= 0.6 is 0 Å². The Kier molecular flexibility index (Phi) is 10.6. The van der Waals surface area contributed by atoms with Crippen LogP contribution < -0.4 is 16.8 Å². The second-order valence-electron chi connectivity index (χ2n) is 7.86. The molecular weight excluding hydrogens is 429 g/mol. The summed E-state index contributed by atoms with van der Waals surface area (Å²) >= 11 is 0. The van der Waals surface area contributed by atoms with E-state index in [2.05, 4.69) is 10.3 Å². The van der Waals surface area contributed by atoms with E-state index in [4.69, 9.17) is 20.9 Å². The first-order chi connectivity index (χ1) is 15.8. The Hall–Kier alpha value is -3.14. The van der Waals surface area contributed by atoms with Crippen molar-refractivity contribution in [1.29, 1.82) is 0 Å². The molecule has 1 aromatic carbocycles. The molecule has 1 atom stereocenters. The number of aliphatic imine (C=N–C) groups is 1. The van der Waals surface area contributed by atoms with Crippen molar-refractivity contribution in [1.82, 2.24) is 10.2 Å². The van der Waals surface area contributed by atoms with Crippen molar-refractivity contribution in [3.05, 3.63) is 41.9 Å². The summed E-state index contributed by atoms with van der Waals surface area (Å²) in [5.41, 5.74) is 11.9. The second kappa shape index (κ2) is 13.4. The molecule has 10 heteroatoms. The van der Waals surface area contributed by atoms with Crippen molar-refractivity contribution < 1.29 is 23.5 Å². The minimum absolute atomic E-state index is 0.0508. The summed E-state index contributed by atoms with van der Waals surface area (Å²) in [6.07, 6.45) is 4.28. The fourth-order valence-corrected chi connectivity index (χ4v) is 3.70. The summed E-state index contributed by atoms with van der Waals surface area (Å²) in [7, 11) is 1.61. The van der Waals surface area contributed by atoms with Crippen molar-refractivity contribution >= 4 is 23.5 Å². The van der Waals surface area contributed by atoms with E-state index in [0.29, 0.717) is 44.3 Å². The Morgan fingerprint density at radius 2 is 1.91 bits per heavy atom. The largest absolute Gasteiger partial charge is 0.449 e. The van der Waals surface area contributed by atoms with Gasteiger partial charge in [-0.1, -0.05) is 6.92 Å². The monoisotopic (exact) mass is 463 g/mol. The number of piperidine rings is 1. The number of amidine groups is 1. The minimum Gasteiger partial charge on any atom is -0.449 e. The highest BCUT2D eigenvalue weighted by atomic mass is 19.1. The zero-order valence-electron chi connectivity index (χ0n) is 19.3. The molecule has 0 aromatic heterocycles. The lowest BCUT2D eigenvalue weighted by atomic mass is 9.88. The molecule has 5 N–H and O–H groups in total. The SMILES string of the molecule is CC[C@H](N/C=C(/C(N)=O)C(N)=Nc1ccc(F)cc1)C1CCN(C(=O)OCCCOC)CC1. The third kappa shape index (κ3) is 8.38. The molecule has 33 heavy (non-hydrogen) atoms. The third-order valence-corrected chi connectivity index (χ3v) is 5.58. The molecule has 0 spiro atoms. The summed E-state index contributed by atoms with van der Waals surface area (Å²) in [6.45, 7) is 4.15. The molecule has 0 bridgehead atoms. The molecular formula is C23H34FN5O4. The normalized spacial score (nSPS) is 16.4. The van der Waals surface area contributed by atoms with Crippen LogP contribution in [-0.2, 0) is 14.3 Å². The highest BCUT2D eigenvalue weighted by Crippen LogP contribution is 2.23. The molecule has 1 aromatic rings. The maximum absolute atomic E-state index is 13.1. The molecule has 0 unspecified atom stereocenters. The molecule has 1 aliphatic rings. The number of nitrogens with one attached hydrogen (secondary N) is 1. The van der Waals surface area contributed by atoms with Gasteiger partial charge in [-0.2, -0.15) is 0 Å². The van der Waals surface area contributed by atoms with Gasteiger partial charge < -0.3 is 31.2 Å². The van der Waals surface area contributed by atoms with Gasteiger partial charge in [-0.3, -0.25) is 4.79 Å². The number of hydrogen-bond donors (Lipinski definition) is 3. The van der Waals surface area contributed by atoms with E-state index < -0.39 is 11.7 Å². The lowest BCUT2D eigenvalue weighted by Crippen LogP contribution is -2.44. The first-order valence-corrected chi connectivity index (χ1v) is 11.1. The lowest BCUT2D eigenvalue weighted by molar-refractivity contribution is -0.114. The highest BCUT2D eigenvalue weighted by Gasteiger charge is 2.28. The molecule has 1 saturated heterocycles. The van der Waals surface area contributed by atoms with Gasteiger partial charge in [0.15, 0.2) is 0 Å². The van der Waals surface area contributed by atoms with Gasteiger partial charge in [-0.25, -0.2) is 14.2 Å². The number of primary amides is 1. The van der Waals surface area contributed by atoms with E-state index in [-0.39, 0.29) is 23.5 Å². The number of halogens is 1. The number of nitrogens with zero attached hydrogens (tertiary/aromatic N) is 2. The van der Waals surface area contributed by atoms with Gasteiger partial charge in [-0.15, -0.1) is 0 Å². The molecule has 1 heterocycles. The van der Waals surface area contributed by atoms with E-state index >= 15 is 0 Å². The summed E-state index contributed by atoms with van der Waals surface area (Å²) < 4.78 is 23.3. The first kappa shape index (κ1) is 26.1. The Morgan fingerprint density at radius 3 is 2.48 bits per heavy atom. The molecule has 2 amide bonds. The average Bonchev–Trinajstić information content (AvgIpc) is 2.81. The van der Waals surface area contributed by atoms with Crippen LogP contribution in [0.3, 0.4) is 0 Å². The molecule has 0 radical (unpaired) electrons. The number of amides is 2. The summed E-state index contributed by atoms with van der Waals surface area (Å²) in [5, 5.41) is 3.26. The predicted molar refractivity (Wildman–Crippen MR) is 124 cm³/mol.